The number of aliphatic imine (C=N–C) groups is 1. The summed E-state index contributed by atoms with van der Waals surface area (Å²) in [5.74, 6) is 0.0124. The zero-order valence-electron chi connectivity index (χ0n) is 19.5. The Labute approximate surface area is 217 Å². The summed E-state index contributed by atoms with van der Waals surface area (Å²) in [6.45, 7) is 2.02. The van der Waals surface area contributed by atoms with Gasteiger partial charge in [0.15, 0.2) is 5.84 Å². The predicted octanol–water partition coefficient (Wildman–Crippen LogP) is 4.46. The van der Waals surface area contributed by atoms with Gasteiger partial charge in [0.1, 0.15) is 28.0 Å². The maximum atomic E-state index is 12.7. The van der Waals surface area contributed by atoms with Crippen LogP contribution in [0.25, 0.3) is 6.08 Å². The lowest BCUT2D eigenvalue weighted by atomic mass is 10.1. The number of aryl methyl sites for hydroxylation is 1. The minimum absolute atomic E-state index is 0.0110. The number of benzene rings is 3. The first kappa shape index (κ1) is 24.5. The Morgan fingerprint density at radius 1 is 1.00 bits per heavy atom. The van der Waals surface area contributed by atoms with Gasteiger partial charge in [0.2, 0.25) is 5.17 Å². The van der Waals surface area contributed by atoms with Gasteiger partial charge in [-0.05, 0) is 66.7 Å². The highest BCUT2D eigenvalue weighted by Crippen LogP contribution is 2.29. The van der Waals surface area contributed by atoms with Crippen LogP contribution in [-0.2, 0) is 14.9 Å². The standard InChI is InChI=1S/C26H20N4O5S2/c1-17-10-12-21(13-11-17)37(32,33)35-20-9-5-6-18(14-20)15-22-24(27)30-26(28-25(22)31)36-23(29-30)16-34-19-7-3-2-4-8-19/h2-15,27H,16H2,1H3. The van der Waals surface area contributed by atoms with E-state index < -0.39 is 16.0 Å². The second-order valence-corrected chi connectivity index (χ2v) is 10.6. The summed E-state index contributed by atoms with van der Waals surface area (Å²) in [5.41, 5.74) is 1.40. The fraction of sp³-hybridized carbons (Fsp3) is 0.0769. The predicted molar refractivity (Wildman–Crippen MR) is 142 cm³/mol. The second kappa shape index (κ2) is 10.0. The van der Waals surface area contributed by atoms with Gasteiger partial charge in [-0.15, -0.1) is 0 Å². The molecule has 0 aliphatic carbocycles. The third-order valence-electron chi connectivity index (χ3n) is 5.29. The van der Waals surface area contributed by atoms with Crippen molar-refractivity contribution in [3.63, 3.8) is 0 Å². The van der Waals surface area contributed by atoms with Crippen molar-refractivity contribution in [2.75, 3.05) is 6.61 Å². The minimum atomic E-state index is -4.04. The van der Waals surface area contributed by atoms with Crippen LogP contribution in [0.4, 0.5) is 0 Å². The zero-order valence-corrected chi connectivity index (χ0v) is 21.1. The van der Waals surface area contributed by atoms with Crippen LogP contribution in [-0.4, -0.2) is 42.0 Å². The van der Waals surface area contributed by atoms with Crippen LogP contribution < -0.4 is 8.92 Å². The molecular formula is C26H20N4O5S2. The number of amides is 1. The normalized spacial score (nSPS) is 16.4. The highest BCUT2D eigenvalue weighted by molar-refractivity contribution is 8.27. The Balaban J connectivity index is 1.33. The van der Waals surface area contributed by atoms with Crippen LogP contribution in [0.1, 0.15) is 11.1 Å². The van der Waals surface area contributed by atoms with E-state index in [4.69, 9.17) is 14.3 Å². The van der Waals surface area contributed by atoms with Crippen molar-refractivity contribution < 1.29 is 22.1 Å². The number of hydrogen-bond acceptors (Lipinski definition) is 8. The molecule has 5 rings (SSSR count). The van der Waals surface area contributed by atoms with Crippen molar-refractivity contribution in [2.24, 2.45) is 10.1 Å². The molecule has 3 aromatic rings. The molecule has 0 radical (unpaired) electrons. The van der Waals surface area contributed by atoms with E-state index >= 15 is 0 Å². The van der Waals surface area contributed by atoms with Crippen molar-refractivity contribution in [3.05, 3.63) is 95.6 Å². The molecule has 0 aromatic heterocycles. The lowest BCUT2D eigenvalue weighted by Crippen LogP contribution is -2.35. The van der Waals surface area contributed by atoms with Gasteiger partial charge in [0.25, 0.3) is 5.91 Å². The van der Waals surface area contributed by atoms with Gasteiger partial charge in [0.05, 0.1) is 5.57 Å². The molecular weight excluding hydrogens is 512 g/mol. The van der Waals surface area contributed by atoms with Crippen molar-refractivity contribution in [1.82, 2.24) is 5.01 Å². The number of nitrogens with one attached hydrogen (secondary N) is 1. The smallest absolute Gasteiger partial charge is 0.339 e. The summed E-state index contributed by atoms with van der Waals surface area (Å²) in [6, 6.07) is 21.8. The molecule has 0 saturated carbocycles. The molecule has 37 heavy (non-hydrogen) atoms. The molecule has 3 aromatic carbocycles. The number of rotatable bonds is 7. The third-order valence-corrected chi connectivity index (χ3v) is 7.43. The topological polar surface area (TPSA) is 121 Å². The number of hydrazone groups is 1. The van der Waals surface area contributed by atoms with Crippen molar-refractivity contribution >= 4 is 49.9 Å². The largest absolute Gasteiger partial charge is 0.487 e. The molecule has 186 valence electrons. The number of ether oxygens (including phenoxy) is 1. The molecule has 0 saturated heterocycles. The summed E-state index contributed by atoms with van der Waals surface area (Å²) >= 11 is 1.16. The molecule has 2 heterocycles. The Kier molecular flexibility index (Phi) is 6.64. The first-order valence-electron chi connectivity index (χ1n) is 11.1. The lowest BCUT2D eigenvalue weighted by molar-refractivity contribution is -0.114. The highest BCUT2D eigenvalue weighted by Gasteiger charge is 2.35. The molecule has 2 aliphatic rings. The number of carbonyl (C=O) groups is 1. The van der Waals surface area contributed by atoms with Gasteiger partial charge < -0.3 is 8.92 Å². The molecule has 0 fully saturated rings. The number of thioether (sulfide) groups is 1. The molecule has 2 aliphatic heterocycles. The molecule has 11 heteroatoms. The minimum Gasteiger partial charge on any atom is -0.487 e. The Bertz CT molecular complexity index is 1580. The van der Waals surface area contributed by atoms with Gasteiger partial charge in [0, 0.05) is 0 Å². The molecule has 9 nitrogen and oxygen atoms in total. The fourth-order valence-electron chi connectivity index (χ4n) is 3.45. The van der Waals surface area contributed by atoms with Crippen LogP contribution in [0.3, 0.4) is 0 Å². The van der Waals surface area contributed by atoms with Crippen molar-refractivity contribution in [3.8, 4) is 11.5 Å². The average Bonchev–Trinajstić information content (AvgIpc) is 3.29. The maximum Gasteiger partial charge on any atom is 0.339 e. The number of para-hydroxylation sites is 1. The van der Waals surface area contributed by atoms with E-state index in [1.54, 1.807) is 24.3 Å². The van der Waals surface area contributed by atoms with Gasteiger partial charge in [-0.2, -0.15) is 23.5 Å². The van der Waals surface area contributed by atoms with Crippen LogP contribution in [0.5, 0.6) is 11.5 Å². The molecule has 1 N–H and O–H groups in total. The summed E-state index contributed by atoms with van der Waals surface area (Å²) in [4.78, 5) is 16.8. The number of carbonyl (C=O) groups excluding carboxylic acids is 1. The van der Waals surface area contributed by atoms with Gasteiger partial charge >= 0.3 is 10.1 Å². The maximum absolute atomic E-state index is 12.7. The van der Waals surface area contributed by atoms with Crippen molar-refractivity contribution in [1.29, 1.82) is 5.41 Å². The quantitative estimate of drug-likeness (QED) is 0.352. The number of nitrogens with zero attached hydrogens (tertiary/aromatic N) is 3. The Hall–Kier alpha value is -4.22. The summed E-state index contributed by atoms with van der Waals surface area (Å²) in [6.07, 6.45) is 1.45. The van der Waals surface area contributed by atoms with E-state index in [2.05, 4.69) is 10.1 Å². The first-order valence-corrected chi connectivity index (χ1v) is 13.3. The van der Waals surface area contributed by atoms with Crippen LogP contribution in [0.15, 0.2) is 99.4 Å². The van der Waals surface area contributed by atoms with Crippen LogP contribution in [0.2, 0.25) is 0 Å². The van der Waals surface area contributed by atoms with E-state index in [0.717, 1.165) is 17.3 Å². The molecule has 0 spiro atoms. The molecule has 0 bridgehead atoms. The first-order chi connectivity index (χ1) is 17.8. The molecule has 0 atom stereocenters. The van der Waals surface area contributed by atoms with Crippen LogP contribution in [0, 0.1) is 12.3 Å². The summed E-state index contributed by atoms with van der Waals surface area (Å²) in [7, 11) is -4.04. The van der Waals surface area contributed by atoms with Crippen LogP contribution >= 0.6 is 11.8 Å². The van der Waals surface area contributed by atoms with Gasteiger partial charge in [-0.3, -0.25) is 10.2 Å². The fourth-order valence-corrected chi connectivity index (χ4v) is 5.18. The number of amidine groups is 2. The van der Waals surface area contributed by atoms with E-state index in [-0.39, 0.29) is 33.8 Å². The lowest BCUT2D eigenvalue weighted by Gasteiger charge is -2.20. The van der Waals surface area contributed by atoms with Crippen molar-refractivity contribution in [2.45, 2.75) is 11.8 Å². The number of fused-ring (bicyclic) bond motifs is 1. The highest BCUT2D eigenvalue weighted by atomic mass is 32.2. The number of hydrogen-bond donors (Lipinski definition) is 1. The van der Waals surface area contributed by atoms with Gasteiger partial charge in [-0.25, -0.2) is 0 Å². The molecule has 1 amide bonds. The van der Waals surface area contributed by atoms with Gasteiger partial charge in [-0.1, -0.05) is 48.0 Å². The monoisotopic (exact) mass is 532 g/mol. The summed E-state index contributed by atoms with van der Waals surface area (Å²) in [5, 5.41) is 15.0. The van der Waals surface area contributed by atoms with E-state index in [0.29, 0.717) is 16.4 Å². The Morgan fingerprint density at radius 3 is 2.49 bits per heavy atom. The second-order valence-electron chi connectivity index (χ2n) is 8.04. The SMILES string of the molecule is Cc1ccc(S(=O)(=O)Oc2cccc(C=C3C(=N)N4N=C(COc5ccccc5)SC4=NC3=O)c2)cc1. The van der Waals surface area contributed by atoms with E-state index in [1.807, 2.05) is 37.3 Å². The average molecular weight is 533 g/mol. The zero-order chi connectivity index (χ0) is 26.0. The van der Waals surface area contributed by atoms with E-state index in [1.165, 1.54) is 35.4 Å². The van der Waals surface area contributed by atoms with E-state index in [9.17, 15) is 13.2 Å². The molecule has 0 unspecified atom stereocenters. The summed E-state index contributed by atoms with van der Waals surface area (Å²) < 4.78 is 36.3. The third kappa shape index (κ3) is 5.47. The Morgan fingerprint density at radius 2 is 1.73 bits per heavy atom.